The standard InChI is InChI=1S/C11H17BO3.C8H18N2S/c1-11(2,8-13)9-15-12(14)10-6-4-3-5-7-10;1-2-3-4-5-6-7-11-8(9)10/h3-7,13-14H,8-9H2,1-2H3;2-7H2,1H3,(H3,9,10)/p+1. The fourth-order valence-electron chi connectivity index (χ4n) is 1.96. The van der Waals surface area contributed by atoms with Crippen LogP contribution >= 0.6 is 11.8 Å². The average molecular weight is 383 g/mol. The summed E-state index contributed by atoms with van der Waals surface area (Å²) in [5.74, 6) is 1.08. The fourth-order valence-corrected chi connectivity index (χ4v) is 2.54. The molecular formula is C19H36BN2O3S+. The molecule has 0 atom stereocenters. The highest BCUT2D eigenvalue weighted by Gasteiger charge is 2.22. The van der Waals surface area contributed by atoms with Crippen LogP contribution in [0.3, 0.4) is 0 Å². The van der Waals surface area contributed by atoms with Crippen LogP contribution in [0.5, 0.6) is 0 Å². The van der Waals surface area contributed by atoms with E-state index in [9.17, 15) is 5.02 Å². The minimum atomic E-state index is -0.919. The molecule has 1 aromatic carbocycles. The highest BCUT2D eigenvalue weighted by Crippen LogP contribution is 2.13. The van der Waals surface area contributed by atoms with Gasteiger partial charge in [-0.15, -0.1) is 0 Å². The van der Waals surface area contributed by atoms with E-state index >= 15 is 0 Å². The molecule has 0 heterocycles. The summed E-state index contributed by atoms with van der Waals surface area (Å²) < 4.78 is 5.28. The molecule has 0 spiro atoms. The number of aliphatic hydroxyl groups excluding tert-OH is 1. The lowest BCUT2D eigenvalue weighted by atomic mass is 9.79. The first-order chi connectivity index (χ1) is 12.3. The highest BCUT2D eigenvalue weighted by atomic mass is 32.2. The van der Waals surface area contributed by atoms with Crippen molar-refractivity contribution in [3.05, 3.63) is 30.3 Å². The molecule has 0 bridgehead atoms. The fraction of sp³-hybridized carbons (Fsp3) is 0.632. The van der Waals surface area contributed by atoms with Crippen molar-refractivity contribution in [1.29, 1.82) is 0 Å². The van der Waals surface area contributed by atoms with Gasteiger partial charge < -0.3 is 14.8 Å². The maximum Gasteiger partial charge on any atom is 0.491 e. The van der Waals surface area contributed by atoms with Crippen molar-refractivity contribution in [1.82, 2.24) is 0 Å². The third-order valence-electron chi connectivity index (χ3n) is 3.66. The zero-order valence-electron chi connectivity index (χ0n) is 16.5. The molecule has 0 aliphatic heterocycles. The van der Waals surface area contributed by atoms with Gasteiger partial charge in [-0.25, -0.2) is 0 Å². The zero-order valence-corrected chi connectivity index (χ0v) is 17.3. The lowest BCUT2D eigenvalue weighted by Gasteiger charge is -2.22. The molecule has 1 aromatic rings. The van der Waals surface area contributed by atoms with Crippen LogP contribution in [0.25, 0.3) is 0 Å². The number of unbranched alkanes of at least 4 members (excludes halogenated alkanes) is 4. The van der Waals surface area contributed by atoms with E-state index in [1.165, 1.54) is 32.1 Å². The molecule has 26 heavy (non-hydrogen) atoms. The summed E-state index contributed by atoms with van der Waals surface area (Å²) in [5, 5.41) is 24.5. The minimum Gasteiger partial charge on any atom is -0.423 e. The van der Waals surface area contributed by atoms with Crippen LogP contribution in [0.2, 0.25) is 0 Å². The quantitative estimate of drug-likeness (QED) is 0.199. The third kappa shape index (κ3) is 14.2. The Kier molecular flexibility index (Phi) is 14.5. The summed E-state index contributed by atoms with van der Waals surface area (Å²) >= 11 is 1.56. The zero-order chi connectivity index (χ0) is 19.8. The van der Waals surface area contributed by atoms with Gasteiger partial charge in [0.1, 0.15) is 0 Å². The van der Waals surface area contributed by atoms with Gasteiger partial charge in [-0.3, -0.25) is 11.1 Å². The summed E-state index contributed by atoms with van der Waals surface area (Å²) in [7, 11) is -0.919. The predicted molar refractivity (Wildman–Crippen MR) is 113 cm³/mol. The van der Waals surface area contributed by atoms with E-state index in [-0.39, 0.29) is 12.0 Å². The normalized spacial score (nSPS) is 10.8. The van der Waals surface area contributed by atoms with Gasteiger partial charge in [0.25, 0.3) is 5.17 Å². The Morgan fingerprint density at radius 2 is 1.81 bits per heavy atom. The number of aliphatic hydroxyl groups is 1. The Morgan fingerprint density at radius 1 is 1.19 bits per heavy atom. The molecule has 0 saturated carbocycles. The molecule has 0 aromatic heterocycles. The first-order valence-corrected chi connectivity index (χ1v) is 10.3. The SMILES string of the molecule is CC(C)(CO)COB(O)c1ccccc1.CCCCCCCSC(N)=[NH2+]. The van der Waals surface area contributed by atoms with Gasteiger partial charge in [0.15, 0.2) is 0 Å². The Balaban J connectivity index is 0.000000508. The van der Waals surface area contributed by atoms with Gasteiger partial charge in [0, 0.05) is 17.8 Å². The maximum absolute atomic E-state index is 9.68. The summed E-state index contributed by atoms with van der Waals surface area (Å²) in [5.41, 5.74) is 5.70. The first-order valence-electron chi connectivity index (χ1n) is 9.28. The number of rotatable bonds is 11. The highest BCUT2D eigenvalue weighted by molar-refractivity contribution is 8.13. The van der Waals surface area contributed by atoms with Crippen LogP contribution in [-0.2, 0) is 4.65 Å². The van der Waals surface area contributed by atoms with Crippen molar-refractivity contribution in [2.45, 2.75) is 52.9 Å². The molecule has 0 radical (unpaired) electrons. The van der Waals surface area contributed by atoms with E-state index in [1.807, 2.05) is 32.0 Å². The van der Waals surface area contributed by atoms with Crippen molar-refractivity contribution < 1.29 is 20.2 Å². The molecule has 0 aliphatic rings. The second kappa shape index (κ2) is 15.1. The first kappa shape index (κ1) is 25.0. The molecule has 0 unspecified atom stereocenters. The molecule has 0 saturated heterocycles. The summed E-state index contributed by atoms with van der Waals surface area (Å²) in [6.07, 6.45) is 6.56. The van der Waals surface area contributed by atoms with Gasteiger partial charge >= 0.3 is 7.12 Å². The summed E-state index contributed by atoms with van der Waals surface area (Å²) in [6, 6.07) is 9.18. The molecular weight excluding hydrogens is 347 g/mol. The van der Waals surface area contributed by atoms with E-state index in [1.54, 1.807) is 23.9 Å². The third-order valence-corrected chi connectivity index (χ3v) is 4.49. The molecule has 7 heteroatoms. The number of hydrogen-bond acceptors (Lipinski definition) is 4. The Hall–Kier alpha value is -1.02. The monoisotopic (exact) mass is 383 g/mol. The minimum absolute atomic E-state index is 0.0362. The van der Waals surface area contributed by atoms with Crippen LogP contribution in [0.4, 0.5) is 0 Å². The van der Waals surface area contributed by atoms with Gasteiger partial charge in [-0.2, -0.15) is 0 Å². The lowest BCUT2D eigenvalue weighted by molar-refractivity contribution is -0.110. The van der Waals surface area contributed by atoms with E-state index in [2.05, 4.69) is 6.92 Å². The second-order valence-electron chi connectivity index (χ2n) is 7.06. The van der Waals surface area contributed by atoms with Gasteiger partial charge in [-0.05, 0) is 23.6 Å². The Labute approximate surface area is 163 Å². The molecule has 148 valence electrons. The lowest BCUT2D eigenvalue weighted by Crippen LogP contribution is -2.43. The van der Waals surface area contributed by atoms with Crippen molar-refractivity contribution in [2.75, 3.05) is 19.0 Å². The van der Waals surface area contributed by atoms with E-state index < -0.39 is 7.12 Å². The smallest absolute Gasteiger partial charge is 0.423 e. The van der Waals surface area contributed by atoms with Gasteiger partial charge in [0.2, 0.25) is 0 Å². The van der Waals surface area contributed by atoms with Crippen molar-refractivity contribution in [2.24, 2.45) is 11.1 Å². The van der Waals surface area contributed by atoms with Crippen molar-refractivity contribution >= 4 is 29.5 Å². The number of amidine groups is 1. The summed E-state index contributed by atoms with van der Waals surface area (Å²) in [4.78, 5) is 0. The molecule has 0 amide bonds. The Morgan fingerprint density at radius 3 is 2.35 bits per heavy atom. The largest absolute Gasteiger partial charge is 0.491 e. The second-order valence-corrected chi connectivity index (χ2v) is 8.23. The summed E-state index contributed by atoms with van der Waals surface area (Å²) in [6.45, 7) is 6.34. The van der Waals surface area contributed by atoms with Gasteiger partial charge in [0.05, 0.1) is 6.61 Å². The van der Waals surface area contributed by atoms with Gasteiger partial charge in [-0.1, -0.05) is 76.8 Å². The molecule has 0 fully saturated rings. The molecule has 5 nitrogen and oxygen atoms in total. The average Bonchev–Trinajstić information content (AvgIpc) is 2.64. The topological polar surface area (TPSA) is 101 Å². The number of benzene rings is 1. The van der Waals surface area contributed by atoms with E-state index in [0.717, 1.165) is 11.2 Å². The number of nitrogens with two attached hydrogens (primary N) is 2. The number of hydrogen-bond donors (Lipinski definition) is 4. The van der Waals surface area contributed by atoms with Crippen LogP contribution in [0.15, 0.2) is 30.3 Å². The number of thioether (sulfide) groups is 1. The van der Waals surface area contributed by atoms with Crippen LogP contribution in [0.1, 0.15) is 52.9 Å². The van der Waals surface area contributed by atoms with Crippen molar-refractivity contribution in [3.8, 4) is 0 Å². The van der Waals surface area contributed by atoms with Crippen LogP contribution in [-0.4, -0.2) is 41.4 Å². The van der Waals surface area contributed by atoms with Crippen LogP contribution in [0, 0.1) is 5.41 Å². The van der Waals surface area contributed by atoms with Crippen LogP contribution < -0.4 is 16.6 Å². The molecule has 1 rings (SSSR count). The molecule has 6 N–H and O–H groups in total. The van der Waals surface area contributed by atoms with E-state index in [4.69, 9.17) is 20.9 Å². The maximum atomic E-state index is 9.68. The van der Waals surface area contributed by atoms with E-state index in [0.29, 0.717) is 11.8 Å². The molecule has 0 aliphatic carbocycles. The Bertz CT molecular complexity index is 475. The van der Waals surface area contributed by atoms with Crippen molar-refractivity contribution in [3.63, 3.8) is 0 Å². The predicted octanol–water partition coefficient (Wildman–Crippen LogP) is 1.17.